The number of hydrogen-bond donors (Lipinski definition) is 1. The molecule has 1 aromatic rings. The van der Waals surface area contributed by atoms with Crippen LogP contribution in [0.25, 0.3) is 0 Å². The van der Waals surface area contributed by atoms with Crippen molar-refractivity contribution in [2.24, 2.45) is 11.1 Å². The number of amides is 1. The molecule has 0 aromatic heterocycles. The lowest BCUT2D eigenvalue weighted by Crippen LogP contribution is -2.38. The van der Waals surface area contributed by atoms with Crippen molar-refractivity contribution in [2.75, 3.05) is 11.4 Å². The van der Waals surface area contributed by atoms with Crippen LogP contribution in [0.15, 0.2) is 29.4 Å². The highest BCUT2D eigenvalue weighted by Gasteiger charge is 2.36. The molecule has 1 aliphatic carbocycles. The molecule has 0 spiro atoms. The number of anilines is 1. The lowest BCUT2D eigenvalue weighted by molar-refractivity contribution is -0.119. The summed E-state index contributed by atoms with van der Waals surface area (Å²) < 4.78 is 0. The number of benzene rings is 1. The van der Waals surface area contributed by atoms with Crippen LogP contribution in [-0.4, -0.2) is 23.4 Å². The SMILES string of the molecule is O=C(C1CC1)N1CCC(=NO)c2ccccc21. The molecule has 4 heteroatoms. The van der Waals surface area contributed by atoms with Gasteiger partial charge in [0.15, 0.2) is 0 Å². The Labute approximate surface area is 99.5 Å². The number of fused-ring (bicyclic) bond motifs is 1. The first-order valence-electron chi connectivity index (χ1n) is 5.93. The van der Waals surface area contributed by atoms with Gasteiger partial charge in [-0.15, -0.1) is 0 Å². The Hall–Kier alpha value is -1.84. The minimum absolute atomic E-state index is 0.217. The van der Waals surface area contributed by atoms with Gasteiger partial charge < -0.3 is 10.1 Å². The van der Waals surface area contributed by atoms with E-state index < -0.39 is 0 Å². The van der Waals surface area contributed by atoms with Gasteiger partial charge in [0.2, 0.25) is 5.91 Å². The molecule has 4 nitrogen and oxygen atoms in total. The fourth-order valence-corrected chi connectivity index (χ4v) is 2.31. The molecule has 1 fully saturated rings. The lowest BCUT2D eigenvalue weighted by atomic mass is 9.99. The third kappa shape index (κ3) is 1.69. The van der Waals surface area contributed by atoms with Gasteiger partial charge in [0.1, 0.15) is 0 Å². The Balaban J connectivity index is 2.01. The molecule has 1 heterocycles. The molecule has 1 aromatic carbocycles. The quantitative estimate of drug-likeness (QED) is 0.592. The zero-order valence-corrected chi connectivity index (χ0v) is 9.47. The summed E-state index contributed by atoms with van der Waals surface area (Å²) in [5.74, 6) is 0.435. The van der Waals surface area contributed by atoms with E-state index >= 15 is 0 Å². The van der Waals surface area contributed by atoms with Crippen molar-refractivity contribution in [2.45, 2.75) is 19.3 Å². The number of oxime groups is 1. The van der Waals surface area contributed by atoms with Crippen LogP contribution in [0.3, 0.4) is 0 Å². The first kappa shape index (κ1) is 10.3. The van der Waals surface area contributed by atoms with Gasteiger partial charge in [-0.05, 0) is 18.9 Å². The van der Waals surface area contributed by atoms with Crippen molar-refractivity contribution < 1.29 is 10.0 Å². The monoisotopic (exact) mass is 230 g/mol. The number of rotatable bonds is 1. The van der Waals surface area contributed by atoms with Gasteiger partial charge >= 0.3 is 0 Å². The fraction of sp³-hybridized carbons (Fsp3) is 0.385. The summed E-state index contributed by atoms with van der Waals surface area (Å²) in [4.78, 5) is 14.0. The van der Waals surface area contributed by atoms with Gasteiger partial charge in [-0.1, -0.05) is 23.4 Å². The van der Waals surface area contributed by atoms with E-state index in [1.54, 1.807) is 0 Å². The minimum Gasteiger partial charge on any atom is -0.411 e. The molecular formula is C13H14N2O2. The molecular weight excluding hydrogens is 216 g/mol. The summed E-state index contributed by atoms with van der Waals surface area (Å²) in [6.07, 6.45) is 2.64. The largest absolute Gasteiger partial charge is 0.411 e. The lowest BCUT2D eigenvalue weighted by Gasteiger charge is -2.29. The van der Waals surface area contributed by atoms with Crippen molar-refractivity contribution in [3.05, 3.63) is 29.8 Å². The second-order valence-electron chi connectivity index (χ2n) is 4.58. The van der Waals surface area contributed by atoms with E-state index in [-0.39, 0.29) is 11.8 Å². The second-order valence-corrected chi connectivity index (χ2v) is 4.58. The number of hydrogen-bond acceptors (Lipinski definition) is 3. The van der Waals surface area contributed by atoms with Gasteiger partial charge in [0.25, 0.3) is 0 Å². The van der Waals surface area contributed by atoms with Crippen LogP contribution in [0.2, 0.25) is 0 Å². The van der Waals surface area contributed by atoms with Gasteiger partial charge in [-0.25, -0.2) is 0 Å². The molecule has 1 aliphatic heterocycles. The van der Waals surface area contributed by atoms with E-state index in [2.05, 4.69) is 5.16 Å². The van der Waals surface area contributed by atoms with Crippen LogP contribution in [0.5, 0.6) is 0 Å². The van der Waals surface area contributed by atoms with Crippen LogP contribution in [0.4, 0.5) is 5.69 Å². The van der Waals surface area contributed by atoms with Crippen LogP contribution in [0, 0.1) is 5.92 Å². The molecule has 0 bridgehead atoms. The van der Waals surface area contributed by atoms with Crippen LogP contribution in [-0.2, 0) is 4.79 Å². The van der Waals surface area contributed by atoms with Crippen LogP contribution < -0.4 is 4.90 Å². The first-order valence-corrected chi connectivity index (χ1v) is 5.93. The van der Waals surface area contributed by atoms with E-state index in [1.165, 1.54) is 0 Å². The summed E-state index contributed by atoms with van der Waals surface area (Å²) in [5.41, 5.74) is 2.42. The molecule has 0 radical (unpaired) electrons. The van der Waals surface area contributed by atoms with Crippen molar-refractivity contribution in [1.82, 2.24) is 0 Å². The van der Waals surface area contributed by atoms with Gasteiger partial charge in [-0.2, -0.15) is 0 Å². The zero-order chi connectivity index (χ0) is 11.8. The molecule has 1 N–H and O–H groups in total. The topological polar surface area (TPSA) is 52.9 Å². The molecule has 1 saturated carbocycles. The maximum Gasteiger partial charge on any atom is 0.230 e. The normalized spacial score (nSPS) is 21.4. The van der Waals surface area contributed by atoms with Crippen molar-refractivity contribution >= 4 is 17.3 Å². The number of carbonyl (C=O) groups excluding carboxylic acids is 1. The van der Waals surface area contributed by atoms with E-state index in [4.69, 9.17) is 5.21 Å². The average molecular weight is 230 g/mol. The Morgan fingerprint density at radius 3 is 2.82 bits per heavy atom. The molecule has 88 valence electrons. The predicted molar refractivity (Wildman–Crippen MR) is 64.5 cm³/mol. The highest BCUT2D eigenvalue weighted by Crippen LogP contribution is 2.35. The summed E-state index contributed by atoms with van der Waals surface area (Å²) in [6.45, 7) is 0.617. The standard InChI is InChI=1S/C13H14N2O2/c16-13(9-5-6-9)15-8-7-11(14-17)10-3-1-2-4-12(10)15/h1-4,9,17H,5-8H2. The summed E-state index contributed by atoms with van der Waals surface area (Å²) in [6, 6.07) is 7.62. The molecule has 0 saturated heterocycles. The average Bonchev–Trinajstić information content (AvgIpc) is 3.21. The van der Waals surface area contributed by atoms with Gasteiger partial charge in [-0.3, -0.25) is 4.79 Å². The third-order valence-electron chi connectivity index (χ3n) is 3.39. The predicted octanol–water partition coefficient (Wildman–Crippen LogP) is 2.01. The highest BCUT2D eigenvalue weighted by molar-refractivity contribution is 6.11. The number of para-hydroxylation sites is 1. The maximum atomic E-state index is 12.1. The molecule has 1 amide bonds. The van der Waals surface area contributed by atoms with Gasteiger partial charge in [0.05, 0.1) is 11.4 Å². The van der Waals surface area contributed by atoms with Crippen LogP contribution in [0.1, 0.15) is 24.8 Å². The smallest absolute Gasteiger partial charge is 0.230 e. The van der Waals surface area contributed by atoms with Crippen molar-refractivity contribution in [1.29, 1.82) is 0 Å². The van der Waals surface area contributed by atoms with Crippen molar-refractivity contribution in [3.63, 3.8) is 0 Å². The maximum absolute atomic E-state index is 12.1. The highest BCUT2D eigenvalue weighted by atomic mass is 16.4. The molecule has 3 rings (SSSR count). The van der Waals surface area contributed by atoms with E-state index in [0.29, 0.717) is 18.7 Å². The Kier molecular flexibility index (Phi) is 2.35. The first-order chi connectivity index (χ1) is 8.31. The molecule has 0 atom stereocenters. The van der Waals surface area contributed by atoms with E-state index in [1.807, 2.05) is 29.2 Å². The fourth-order valence-electron chi connectivity index (χ4n) is 2.31. The molecule has 17 heavy (non-hydrogen) atoms. The Bertz CT molecular complexity index is 492. The summed E-state index contributed by atoms with van der Waals surface area (Å²) >= 11 is 0. The van der Waals surface area contributed by atoms with Gasteiger partial charge in [0, 0.05) is 24.4 Å². The third-order valence-corrected chi connectivity index (χ3v) is 3.39. The second kappa shape index (κ2) is 3.87. The van der Waals surface area contributed by atoms with E-state index in [0.717, 1.165) is 24.1 Å². The molecule has 0 unspecified atom stereocenters. The summed E-state index contributed by atoms with van der Waals surface area (Å²) in [7, 11) is 0. The summed E-state index contributed by atoms with van der Waals surface area (Å²) in [5, 5.41) is 12.3. The number of nitrogens with zero attached hydrogens (tertiary/aromatic N) is 2. The number of carbonyl (C=O) groups is 1. The Morgan fingerprint density at radius 2 is 2.12 bits per heavy atom. The zero-order valence-electron chi connectivity index (χ0n) is 9.47. The minimum atomic E-state index is 0.217. The van der Waals surface area contributed by atoms with Crippen molar-refractivity contribution in [3.8, 4) is 0 Å². The Morgan fingerprint density at radius 1 is 1.35 bits per heavy atom. The van der Waals surface area contributed by atoms with E-state index in [9.17, 15) is 4.79 Å². The van der Waals surface area contributed by atoms with Crippen LogP contribution >= 0.6 is 0 Å². The molecule has 2 aliphatic rings.